The molecule has 0 aliphatic heterocycles. The van der Waals surface area contributed by atoms with E-state index >= 15 is 0 Å². The third-order valence-corrected chi connectivity index (χ3v) is 1.66. The van der Waals surface area contributed by atoms with E-state index < -0.39 is 11.7 Å². The summed E-state index contributed by atoms with van der Waals surface area (Å²) in [6, 6.07) is 2.54. The van der Waals surface area contributed by atoms with E-state index in [-0.39, 0.29) is 10.6 Å². The summed E-state index contributed by atoms with van der Waals surface area (Å²) in [5.74, 6) is -0.258. The molecular weight excluding hydrogens is 189 g/mol. The molecule has 0 saturated carbocycles. The number of phenols is 1. The minimum absolute atomic E-state index is 0.0789. The molecule has 0 atom stereocenters. The van der Waals surface area contributed by atoms with Gasteiger partial charge in [0.05, 0.1) is 5.56 Å². The van der Waals surface area contributed by atoms with Crippen LogP contribution in [0.4, 0.5) is 13.2 Å². The van der Waals surface area contributed by atoms with Gasteiger partial charge in [0.2, 0.25) is 0 Å². The Kier molecular flexibility index (Phi) is 2.23. The van der Waals surface area contributed by atoms with Crippen molar-refractivity contribution in [2.45, 2.75) is 11.1 Å². The molecule has 0 aliphatic carbocycles. The molecule has 1 N–H and O–H groups in total. The molecule has 0 aliphatic rings. The minimum Gasteiger partial charge on any atom is -0.507 e. The molecule has 1 rings (SSSR count). The van der Waals surface area contributed by atoms with Gasteiger partial charge in [0, 0.05) is 4.90 Å². The van der Waals surface area contributed by atoms with Crippen LogP contribution in [0.2, 0.25) is 0 Å². The molecule has 0 spiro atoms. The third kappa shape index (κ3) is 1.85. The maximum atomic E-state index is 12.0. The van der Waals surface area contributed by atoms with E-state index in [1.54, 1.807) is 0 Å². The van der Waals surface area contributed by atoms with E-state index in [0.29, 0.717) is 0 Å². The van der Waals surface area contributed by atoms with E-state index in [4.69, 9.17) is 5.11 Å². The fraction of sp³-hybridized carbons (Fsp3) is 0.143. The Bertz CT molecular complexity index is 295. The minimum atomic E-state index is -4.38. The summed E-state index contributed by atoms with van der Waals surface area (Å²) in [7, 11) is 0. The van der Waals surface area contributed by atoms with Gasteiger partial charge in [-0.05, 0) is 18.2 Å². The van der Waals surface area contributed by atoms with E-state index in [1.165, 1.54) is 0 Å². The highest BCUT2D eigenvalue weighted by atomic mass is 32.1. The normalized spacial score (nSPS) is 11.7. The first-order valence-electron chi connectivity index (χ1n) is 3.00. The van der Waals surface area contributed by atoms with E-state index in [9.17, 15) is 13.2 Å². The predicted molar refractivity (Wildman–Crippen MR) is 40.4 cm³/mol. The van der Waals surface area contributed by atoms with Crippen molar-refractivity contribution < 1.29 is 18.3 Å². The third-order valence-electron chi connectivity index (χ3n) is 1.30. The lowest BCUT2D eigenvalue weighted by molar-refractivity contribution is -0.137. The Morgan fingerprint density at radius 1 is 1.25 bits per heavy atom. The lowest BCUT2D eigenvalue weighted by Crippen LogP contribution is -2.04. The number of halogens is 3. The molecule has 1 aromatic rings. The number of rotatable bonds is 0. The maximum Gasteiger partial charge on any atom is 0.416 e. The molecule has 5 heteroatoms. The summed E-state index contributed by atoms with van der Waals surface area (Å²) in [5, 5.41) is 8.87. The second kappa shape index (κ2) is 2.90. The molecule has 0 heterocycles. The molecule has 66 valence electrons. The van der Waals surface area contributed by atoms with Crippen LogP contribution in [0.1, 0.15) is 5.56 Å². The standard InChI is InChI=1S/C7H5F3OS/c8-7(9,10)4-1-2-5(11)6(12)3-4/h1-3,11-12H. The van der Waals surface area contributed by atoms with Gasteiger partial charge in [0.25, 0.3) is 0 Å². The lowest BCUT2D eigenvalue weighted by Gasteiger charge is -2.07. The van der Waals surface area contributed by atoms with Crippen LogP contribution in [0.5, 0.6) is 5.75 Å². The van der Waals surface area contributed by atoms with Crippen molar-refractivity contribution >= 4 is 12.6 Å². The molecular formula is C7H5F3OS. The molecule has 1 nitrogen and oxygen atoms in total. The Hall–Kier alpha value is -0.840. The van der Waals surface area contributed by atoms with Gasteiger partial charge in [-0.3, -0.25) is 0 Å². The average molecular weight is 194 g/mol. The number of phenolic OH excluding ortho intramolecular Hbond substituents is 1. The zero-order valence-electron chi connectivity index (χ0n) is 5.76. The predicted octanol–water partition coefficient (Wildman–Crippen LogP) is 2.70. The van der Waals surface area contributed by atoms with E-state index in [1.807, 2.05) is 0 Å². The molecule has 1 aromatic carbocycles. The van der Waals surface area contributed by atoms with Crippen molar-refractivity contribution in [2.75, 3.05) is 0 Å². The second-order valence-electron chi connectivity index (χ2n) is 2.20. The second-order valence-corrected chi connectivity index (χ2v) is 2.68. The summed E-state index contributed by atoms with van der Waals surface area (Å²) in [6.07, 6.45) is -4.38. The first-order chi connectivity index (χ1) is 5.41. The first-order valence-corrected chi connectivity index (χ1v) is 3.45. The SMILES string of the molecule is Oc1ccc(C(F)(F)F)cc1S. The van der Waals surface area contributed by atoms with Crippen LogP contribution in [0.15, 0.2) is 23.1 Å². The van der Waals surface area contributed by atoms with Gasteiger partial charge in [-0.2, -0.15) is 13.2 Å². The van der Waals surface area contributed by atoms with Crippen LogP contribution in [0, 0.1) is 0 Å². The van der Waals surface area contributed by atoms with E-state index in [2.05, 4.69) is 12.6 Å². The highest BCUT2D eigenvalue weighted by molar-refractivity contribution is 7.80. The van der Waals surface area contributed by atoms with Crippen LogP contribution in [0.25, 0.3) is 0 Å². The topological polar surface area (TPSA) is 20.2 Å². The Balaban J connectivity index is 3.14. The average Bonchev–Trinajstić information content (AvgIpc) is 1.92. The first kappa shape index (κ1) is 9.25. The number of thiol groups is 1. The van der Waals surface area contributed by atoms with Gasteiger partial charge in [-0.15, -0.1) is 12.6 Å². The summed E-state index contributed by atoms with van der Waals surface area (Å²) < 4.78 is 36.0. The summed E-state index contributed by atoms with van der Waals surface area (Å²) in [5.41, 5.74) is -0.815. The van der Waals surface area contributed by atoms with Crippen LogP contribution < -0.4 is 0 Å². The Labute approximate surface area is 72.2 Å². The molecule has 0 aromatic heterocycles. The Morgan fingerprint density at radius 3 is 2.25 bits per heavy atom. The largest absolute Gasteiger partial charge is 0.507 e. The molecule has 0 bridgehead atoms. The zero-order chi connectivity index (χ0) is 9.35. The van der Waals surface area contributed by atoms with Crippen molar-refractivity contribution in [2.24, 2.45) is 0 Å². The van der Waals surface area contributed by atoms with Crippen molar-refractivity contribution in [1.29, 1.82) is 0 Å². The van der Waals surface area contributed by atoms with Crippen LogP contribution in [0.3, 0.4) is 0 Å². The van der Waals surface area contributed by atoms with E-state index in [0.717, 1.165) is 18.2 Å². The van der Waals surface area contributed by atoms with Gasteiger partial charge in [0.15, 0.2) is 0 Å². The monoisotopic (exact) mass is 194 g/mol. The van der Waals surface area contributed by atoms with Gasteiger partial charge in [0.1, 0.15) is 5.75 Å². The highest BCUT2D eigenvalue weighted by Crippen LogP contribution is 2.33. The summed E-state index contributed by atoms with van der Waals surface area (Å²) >= 11 is 3.65. The fourth-order valence-corrected chi connectivity index (χ4v) is 0.913. The molecule has 0 amide bonds. The van der Waals surface area contributed by atoms with Crippen molar-refractivity contribution in [3.05, 3.63) is 23.8 Å². The summed E-state index contributed by atoms with van der Waals surface area (Å²) in [4.78, 5) is -0.0789. The van der Waals surface area contributed by atoms with Crippen molar-refractivity contribution in [3.63, 3.8) is 0 Å². The molecule has 0 radical (unpaired) electrons. The van der Waals surface area contributed by atoms with Gasteiger partial charge >= 0.3 is 6.18 Å². The smallest absolute Gasteiger partial charge is 0.416 e. The fourth-order valence-electron chi connectivity index (χ4n) is 0.700. The van der Waals surface area contributed by atoms with Gasteiger partial charge in [-0.25, -0.2) is 0 Å². The number of hydrogen-bond donors (Lipinski definition) is 2. The molecule has 0 saturated heterocycles. The summed E-state index contributed by atoms with van der Waals surface area (Å²) in [6.45, 7) is 0. The maximum absolute atomic E-state index is 12.0. The van der Waals surface area contributed by atoms with Crippen LogP contribution in [-0.2, 0) is 6.18 Å². The van der Waals surface area contributed by atoms with Gasteiger partial charge < -0.3 is 5.11 Å². The molecule has 0 unspecified atom stereocenters. The van der Waals surface area contributed by atoms with Crippen LogP contribution in [-0.4, -0.2) is 5.11 Å². The number of aromatic hydroxyl groups is 1. The highest BCUT2D eigenvalue weighted by Gasteiger charge is 2.30. The van der Waals surface area contributed by atoms with Crippen molar-refractivity contribution in [3.8, 4) is 5.75 Å². The van der Waals surface area contributed by atoms with Crippen molar-refractivity contribution in [1.82, 2.24) is 0 Å². The van der Waals surface area contributed by atoms with Gasteiger partial charge in [-0.1, -0.05) is 0 Å². The number of hydrogen-bond acceptors (Lipinski definition) is 2. The molecule has 12 heavy (non-hydrogen) atoms. The lowest BCUT2D eigenvalue weighted by atomic mass is 10.2. The quantitative estimate of drug-likeness (QED) is 0.608. The molecule has 0 fully saturated rings. The zero-order valence-corrected chi connectivity index (χ0v) is 6.65. The Morgan fingerprint density at radius 2 is 1.83 bits per heavy atom. The van der Waals surface area contributed by atoms with Crippen LogP contribution >= 0.6 is 12.6 Å². The number of benzene rings is 1. The number of alkyl halides is 3.